The number of alkyl halides is 2. The molecule has 0 spiro atoms. The van der Waals surface area contributed by atoms with E-state index in [0.717, 1.165) is 35.0 Å². The number of halogens is 3. The van der Waals surface area contributed by atoms with Crippen LogP contribution in [0.1, 0.15) is 48.6 Å². The zero-order valence-electron chi connectivity index (χ0n) is 14.1. The molecule has 1 fully saturated rings. The first kappa shape index (κ1) is 18.4. The number of rotatable bonds is 5. The SMILES string of the molecule is CC(C)(Sc1nnc(Br)n1-c1sc(C2CC2)c2c1CC(F)(F)C2)C(=O)O. The maximum Gasteiger partial charge on any atom is 0.319 e. The van der Waals surface area contributed by atoms with Crippen molar-refractivity contribution in [3.05, 3.63) is 20.7 Å². The second-order valence-corrected chi connectivity index (χ2v) is 10.5. The smallest absolute Gasteiger partial charge is 0.319 e. The number of nitrogens with zero attached hydrogens (tertiary/aromatic N) is 3. The lowest BCUT2D eigenvalue weighted by molar-refractivity contribution is -0.138. The summed E-state index contributed by atoms with van der Waals surface area (Å²) < 4.78 is 29.2. The molecule has 1 saturated carbocycles. The lowest BCUT2D eigenvalue weighted by atomic mass is 10.1. The first-order valence-corrected chi connectivity index (χ1v) is 10.6. The minimum Gasteiger partial charge on any atom is -0.480 e. The van der Waals surface area contributed by atoms with Crippen LogP contribution in [0.25, 0.3) is 5.00 Å². The van der Waals surface area contributed by atoms with Crippen molar-refractivity contribution in [2.24, 2.45) is 0 Å². The molecule has 2 aromatic rings. The molecule has 0 radical (unpaired) electrons. The first-order valence-electron chi connectivity index (χ1n) is 8.15. The number of thioether (sulfide) groups is 1. The summed E-state index contributed by atoms with van der Waals surface area (Å²) in [7, 11) is 0. The fraction of sp³-hybridized carbons (Fsp3) is 0.562. The predicted octanol–water partition coefficient (Wildman–Crippen LogP) is 4.66. The minimum absolute atomic E-state index is 0.215. The van der Waals surface area contributed by atoms with Gasteiger partial charge in [0, 0.05) is 17.7 Å². The van der Waals surface area contributed by atoms with Crippen molar-refractivity contribution >= 4 is 45.0 Å². The number of hydrogen-bond donors (Lipinski definition) is 1. The molecule has 0 atom stereocenters. The summed E-state index contributed by atoms with van der Waals surface area (Å²) in [6.45, 7) is 3.16. The fourth-order valence-electron chi connectivity index (χ4n) is 3.08. The van der Waals surface area contributed by atoms with Gasteiger partial charge in [-0.15, -0.1) is 21.5 Å². The molecule has 0 aliphatic heterocycles. The summed E-state index contributed by atoms with van der Waals surface area (Å²) in [4.78, 5) is 12.5. The quantitative estimate of drug-likeness (QED) is 0.653. The van der Waals surface area contributed by atoms with E-state index in [1.165, 1.54) is 11.3 Å². The van der Waals surface area contributed by atoms with Crippen molar-refractivity contribution in [3.8, 4) is 5.00 Å². The Labute approximate surface area is 165 Å². The molecule has 2 aromatic heterocycles. The Bertz CT molecular complexity index is 906. The predicted molar refractivity (Wildman–Crippen MR) is 98.8 cm³/mol. The number of carboxylic acids is 1. The summed E-state index contributed by atoms with van der Waals surface area (Å²) in [6, 6.07) is 0. The van der Waals surface area contributed by atoms with Crippen LogP contribution in [-0.2, 0) is 17.6 Å². The zero-order valence-corrected chi connectivity index (χ0v) is 17.3. The number of aliphatic carboxylic acids is 1. The molecule has 2 aliphatic rings. The van der Waals surface area contributed by atoms with Gasteiger partial charge in [0.1, 0.15) is 9.75 Å². The first-order chi connectivity index (χ1) is 12.1. The van der Waals surface area contributed by atoms with Gasteiger partial charge in [-0.1, -0.05) is 11.8 Å². The van der Waals surface area contributed by atoms with Crippen LogP contribution in [0.3, 0.4) is 0 Å². The van der Waals surface area contributed by atoms with E-state index in [2.05, 4.69) is 26.1 Å². The maximum absolute atomic E-state index is 14.1. The van der Waals surface area contributed by atoms with E-state index in [0.29, 0.717) is 26.4 Å². The Balaban J connectivity index is 1.82. The zero-order chi connectivity index (χ0) is 18.9. The molecule has 2 aliphatic carbocycles. The largest absolute Gasteiger partial charge is 0.480 e. The average molecular weight is 464 g/mol. The van der Waals surface area contributed by atoms with Gasteiger partial charge in [0.25, 0.3) is 5.92 Å². The molecule has 1 N–H and O–H groups in total. The van der Waals surface area contributed by atoms with E-state index in [-0.39, 0.29) is 12.8 Å². The molecule has 5 nitrogen and oxygen atoms in total. The van der Waals surface area contributed by atoms with Crippen LogP contribution >= 0.6 is 39.0 Å². The van der Waals surface area contributed by atoms with Crippen molar-refractivity contribution in [1.29, 1.82) is 0 Å². The third-order valence-electron chi connectivity index (χ3n) is 4.60. The Morgan fingerprint density at radius 2 is 2.00 bits per heavy atom. The third kappa shape index (κ3) is 3.09. The van der Waals surface area contributed by atoms with Crippen molar-refractivity contribution in [3.63, 3.8) is 0 Å². The monoisotopic (exact) mass is 463 g/mol. The van der Waals surface area contributed by atoms with Crippen LogP contribution in [0.15, 0.2) is 9.89 Å². The lowest BCUT2D eigenvalue weighted by Gasteiger charge is -2.18. The van der Waals surface area contributed by atoms with Gasteiger partial charge in [-0.2, -0.15) is 0 Å². The second kappa shape index (κ2) is 6.00. The number of aromatic nitrogens is 3. The van der Waals surface area contributed by atoms with Gasteiger partial charge in [0.2, 0.25) is 4.73 Å². The number of hydrogen-bond acceptors (Lipinski definition) is 5. The Morgan fingerprint density at radius 3 is 2.62 bits per heavy atom. The maximum atomic E-state index is 14.1. The van der Waals surface area contributed by atoms with Gasteiger partial charge >= 0.3 is 5.97 Å². The van der Waals surface area contributed by atoms with E-state index >= 15 is 0 Å². The molecule has 140 valence electrons. The molecule has 2 heterocycles. The van der Waals surface area contributed by atoms with E-state index in [1.54, 1.807) is 18.4 Å². The highest BCUT2D eigenvalue weighted by Crippen LogP contribution is 2.53. The van der Waals surface area contributed by atoms with Crippen LogP contribution in [0.2, 0.25) is 0 Å². The van der Waals surface area contributed by atoms with E-state index in [1.807, 2.05) is 0 Å². The summed E-state index contributed by atoms with van der Waals surface area (Å²) >= 11 is 5.91. The van der Waals surface area contributed by atoms with E-state index < -0.39 is 16.6 Å². The van der Waals surface area contributed by atoms with Crippen LogP contribution in [-0.4, -0.2) is 36.5 Å². The van der Waals surface area contributed by atoms with Gasteiger partial charge in [0.15, 0.2) is 5.16 Å². The highest BCUT2D eigenvalue weighted by molar-refractivity contribution is 9.10. The summed E-state index contributed by atoms with van der Waals surface area (Å²) in [5, 5.41) is 18.5. The molecule has 0 unspecified atom stereocenters. The van der Waals surface area contributed by atoms with Gasteiger partial charge < -0.3 is 5.11 Å². The molecule has 10 heteroatoms. The van der Waals surface area contributed by atoms with Crippen molar-refractivity contribution in [1.82, 2.24) is 14.8 Å². The van der Waals surface area contributed by atoms with Crippen LogP contribution in [0.5, 0.6) is 0 Å². The summed E-state index contributed by atoms with van der Waals surface area (Å²) in [5.74, 6) is -3.33. The van der Waals surface area contributed by atoms with Crippen LogP contribution < -0.4 is 0 Å². The second-order valence-electron chi connectivity index (χ2n) is 7.22. The van der Waals surface area contributed by atoms with Crippen molar-refractivity contribution in [2.45, 2.75) is 61.3 Å². The summed E-state index contributed by atoms with van der Waals surface area (Å²) in [5.41, 5.74) is 1.42. The number of thiophene rings is 1. The fourth-order valence-corrected chi connectivity index (χ4v) is 6.20. The van der Waals surface area contributed by atoms with E-state index in [4.69, 9.17) is 0 Å². The molecular formula is C16H16BrF2N3O2S2. The summed E-state index contributed by atoms with van der Waals surface area (Å²) in [6.07, 6.45) is 1.56. The molecule has 26 heavy (non-hydrogen) atoms. The lowest BCUT2D eigenvalue weighted by Crippen LogP contribution is -2.27. The standard InChI is InChI=1S/C16H16BrF2N3O2S2/c1-15(2,12(23)24)26-14-21-20-13(17)22(14)11-9-6-16(18,19)5-8(9)10(25-11)7-3-4-7/h7H,3-6H2,1-2H3,(H,23,24). The van der Waals surface area contributed by atoms with Gasteiger partial charge in [-0.05, 0) is 59.7 Å². The third-order valence-corrected chi connectivity index (χ3v) is 7.67. The highest BCUT2D eigenvalue weighted by Gasteiger charge is 2.45. The highest BCUT2D eigenvalue weighted by atomic mass is 79.9. The average Bonchev–Trinajstić information content (AvgIpc) is 3.14. The molecule has 0 amide bonds. The van der Waals surface area contributed by atoms with Gasteiger partial charge in [0.05, 0.1) is 0 Å². The number of carboxylic acid groups (broad SMARTS) is 1. The number of carbonyl (C=O) groups is 1. The van der Waals surface area contributed by atoms with Crippen molar-refractivity contribution < 1.29 is 18.7 Å². The Kier molecular flexibility index (Phi) is 4.24. The van der Waals surface area contributed by atoms with Crippen LogP contribution in [0.4, 0.5) is 8.78 Å². The van der Waals surface area contributed by atoms with Gasteiger partial charge in [-0.25, -0.2) is 8.78 Å². The Hall–Kier alpha value is -1.00. The Morgan fingerprint density at radius 1 is 1.35 bits per heavy atom. The van der Waals surface area contributed by atoms with E-state index in [9.17, 15) is 18.7 Å². The topological polar surface area (TPSA) is 68.0 Å². The van der Waals surface area contributed by atoms with Crippen LogP contribution in [0, 0.1) is 0 Å². The molecule has 4 rings (SSSR count). The van der Waals surface area contributed by atoms with Crippen molar-refractivity contribution in [2.75, 3.05) is 0 Å². The molecule has 0 aromatic carbocycles. The molecule has 0 bridgehead atoms. The molecule has 0 saturated heterocycles. The minimum atomic E-state index is -2.73. The normalized spacial score (nSPS) is 19.0. The van der Waals surface area contributed by atoms with Gasteiger partial charge in [-0.3, -0.25) is 9.36 Å². The molecular weight excluding hydrogens is 448 g/mol. The number of fused-ring (bicyclic) bond motifs is 1.